The van der Waals surface area contributed by atoms with Crippen LogP contribution in [0.1, 0.15) is 19.4 Å². The Bertz CT molecular complexity index is 639. The number of rotatable bonds is 3. The van der Waals surface area contributed by atoms with E-state index in [0.29, 0.717) is 16.3 Å². The molecule has 0 radical (unpaired) electrons. The van der Waals surface area contributed by atoms with Crippen molar-refractivity contribution in [1.82, 2.24) is 0 Å². The van der Waals surface area contributed by atoms with Gasteiger partial charge in [0.2, 0.25) is 0 Å². The number of hydrogen-bond acceptors (Lipinski definition) is 2. The average molecular weight is 295 g/mol. The van der Waals surface area contributed by atoms with Gasteiger partial charge in [0, 0.05) is 0 Å². The Morgan fingerprint density at radius 1 is 1.20 bits per heavy atom. The van der Waals surface area contributed by atoms with Gasteiger partial charge in [-0.2, -0.15) is 0 Å². The molecule has 0 fully saturated rings. The summed E-state index contributed by atoms with van der Waals surface area (Å²) < 4.78 is 19.1. The van der Waals surface area contributed by atoms with E-state index in [2.05, 4.69) is 0 Å². The van der Waals surface area contributed by atoms with Crippen LogP contribution >= 0.6 is 11.6 Å². The lowest BCUT2D eigenvalue weighted by atomic mass is 10.00. The van der Waals surface area contributed by atoms with Gasteiger partial charge < -0.3 is 9.84 Å². The molecule has 2 nitrogen and oxygen atoms in total. The number of phenolic OH excluding ortho intramolecular Hbond substituents is 1. The van der Waals surface area contributed by atoms with Crippen molar-refractivity contribution in [2.24, 2.45) is 0 Å². The molecule has 0 aliphatic rings. The van der Waals surface area contributed by atoms with Gasteiger partial charge in [0.1, 0.15) is 5.75 Å². The van der Waals surface area contributed by atoms with Crippen LogP contribution in [-0.4, -0.2) is 11.2 Å². The topological polar surface area (TPSA) is 29.5 Å². The number of ether oxygens (including phenoxy) is 1. The lowest BCUT2D eigenvalue weighted by Crippen LogP contribution is -2.05. The summed E-state index contributed by atoms with van der Waals surface area (Å²) in [6.07, 6.45) is 0.0335. The molecule has 0 saturated heterocycles. The molecular weight excluding hydrogens is 279 g/mol. The van der Waals surface area contributed by atoms with Crippen molar-refractivity contribution in [3.05, 3.63) is 46.7 Å². The molecule has 2 aromatic rings. The summed E-state index contributed by atoms with van der Waals surface area (Å²) >= 11 is 6.18. The van der Waals surface area contributed by atoms with Gasteiger partial charge in [0.25, 0.3) is 0 Å². The van der Waals surface area contributed by atoms with Crippen LogP contribution < -0.4 is 4.74 Å². The average Bonchev–Trinajstić information content (AvgIpc) is 2.36. The fourth-order valence-corrected chi connectivity index (χ4v) is 2.22. The summed E-state index contributed by atoms with van der Waals surface area (Å²) in [5.41, 5.74) is 2.25. The van der Waals surface area contributed by atoms with Gasteiger partial charge in [-0.15, -0.1) is 0 Å². The van der Waals surface area contributed by atoms with E-state index < -0.39 is 5.82 Å². The number of aryl methyl sites for hydroxylation is 1. The monoisotopic (exact) mass is 294 g/mol. The fraction of sp³-hybridized carbons (Fsp3) is 0.250. The van der Waals surface area contributed by atoms with E-state index in [1.165, 1.54) is 12.1 Å². The number of aromatic hydroxyl groups is 1. The largest absolute Gasteiger partial charge is 0.505 e. The maximum absolute atomic E-state index is 13.5. The van der Waals surface area contributed by atoms with Crippen molar-refractivity contribution >= 4 is 11.6 Å². The second kappa shape index (κ2) is 5.71. The zero-order valence-corrected chi connectivity index (χ0v) is 12.3. The second-order valence-electron chi connectivity index (χ2n) is 4.93. The molecule has 0 aliphatic heterocycles. The number of benzene rings is 2. The molecule has 0 spiro atoms. The Labute approximate surface area is 122 Å². The van der Waals surface area contributed by atoms with Crippen LogP contribution in [0.5, 0.6) is 11.5 Å². The third-order valence-electron chi connectivity index (χ3n) is 2.90. The number of phenols is 1. The van der Waals surface area contributed by atoms with Gasteiger partial charge in [-0.05, 0) is 61.7 Å². The molecule has 0 aliphatic carbocycles. The molecule has 2 rings (SSSR count). The molecule has 0 saturated carbocycles. The van der Waals surface area contributed by atoms with E-state index in [-0.39, 0.29) is 11.9 Å². The van der Waals surface area contributed by atoms with Crippen LogP contribution in [0, 0.1) is 12.7 Å². The lowest BCUT2D eigenvalue weighted by molar-refractivity contribution is 0.242. The molecule has 0 atom stereocenters. The molecule has 0 amide bonds. The highest BCUT2D eigenvalue weighted by Crippen LogP contribution is 2.34. The summed E-state index contributed by atoms with van der Waals surface area (Å²) in [5, 5.41) is 9.82. The first kappa shape index (κ1) is 14.7. The van der Waals surface area contributed by atoms with E-state index in [9.17, 15) is 9.50 Å². The van der Waals surface area contributed by atoms with Gasteiger partial charge in [-0.1, -0.05) is 17.7 Å². The highest BCUT2D eigenvalue weighted by Gasteiger charge is 2.11. The molecular formula is C16H16ClFO2. The summed E-state index contributed by atoms with van der Waals surface area (Å²) in [6, 6.07) is 8.03. The second-order valence-corrected chi connectivity index (χ2v) is 5.34. The molecule has 0 aromatic heterocycles. The van der Waals surface area contributed by atoms with Gasteiger partial charge in [0.05, 0.1) is 11.1 Å². The molecule has 0 unspecified atom stereocenters. The Morgan fingerprint density at radius 3 is 2.50 bits per heavy atom. The van der Waals surface area contributed by atoms with Crippen molar-refractivity contribution in [3.63, 3.8) is 0 Å². The van der Waals surface area contributed by atoms with E-state index in [4.69, 9.17) is 16.3 Å². The maximum atomic E-state index is 13.5. The summed E-state index contributed by atoms with van der Waals surface area (Å²) in [5.74, 6) is -0.399. The van der Waals surface area contributed by atoms with Crippen LogP contribution in [0.15, 0.2) is 30.3 Å². The molecule has 1 N–H and O–H groups in total. The first-order valence-electron chi connectivity index (χ1n) is 6.34. The van der Waals surface area contributed by atoms with Crippen molar-refractivity contribution in [2.75, 3.05) is 0 Å². The minimum absolute atomic E-state index is 0.0335. The summed E-state index contributed by atoms with van der Waals surface area (Å²) in [4.78, 5) is 0. The van der Waals surface area contributed by atoms with Gasteiger partial charge in [-0.25, -0.2) is 4.39 Å². The van der Waals surface area contributed by atoms with Crippen LogP contribution in [-0.2, 0) is 0 Å². The van der Waals surface area contributed by atoms with Gasteiger partial charge in [0.15, 0.2) is 11.6 Å². The van der Waals surface area contributed by atoms with Gasteiger partial charge >= 0.3 is 0 Å². The van der Waals surface area contributed by atoms with Crippen LogP contribution in [0.4, 0.5) is 4.39 Å². The minimum atomic E-state index is -0.649. The standard InChI is InChI=1S/C16H16ClFO2/c1-9(2)20-16-5-4-11(7-13(16)17)12-8-14(18)15(19)6-10(12)3/h4-9,19H,1-3H3. The number of hydrogen-bond donors (Lipinski definition) is 1. The van der Waals surface area contributed by atoms with Crippen LogP contribution in [0.25, 0.3) is 11.1 Å². The first-order chi connectivity index (χ1) is 9.38. The smallest absolute Gasteiger partial charge is 0.165 e. The van der Waals surface area contributed by atoms with Crippen molar-refractivity contribution in [1.29, 1.82) is 0 Å². The van der Waals surface area contributed by atoms with Crippen LogP contribution in [0.2, 0.25) is 5.02 Å². The predicted octanol–water partition coefficient (Wildman–Crippen LogP) is 4.95. The third-order valence-corrected chi connectivity index (χ3v) is 3.19. The minimum Gasteiger partial charge on any atom is -0.505 e. The summed E-state index contributed by atoms with van der Waals surface area (Å²) in [6.45, 7) is 5.65. The maximum Gasteiger partial charge on any atom is 0.165 e. The third kappa shape index (κ3) is 3.05. The highest BCUT2D eigenvalue weighted by atomic mass is 35.5. The predicted molar refractivity (Wildman–Crippen MR) is 79.0 cm³/mol. The fourth-order valence-electron chi connectivity index (χ4n) is 2.00. The van der Waals surface area contributed by atoms with E-state index in [1.807, 2.05) is 19.9 Å². The van der Waals surface area contributed by atoms with Gasteiger partial charge in [-0.3, -0.25) is 0 Å². The quantitative estimate of drug-likeness (QED) is 0.868. The van der Waals surface area contributed by atoms with Crippen molar-refractivity contribution in [3.8, 4) is 22.6 Å². The van der Waals surface area contributed by atoms with Crippen molar-refractivity contribution < 1.29 is 14.2 Å². The van der Waals surface area contributed by atoms with E-state index in [0.717, 1.165) is 11.1 Å². The Balaban J connectivity index is 2.44. The lowest BCUT2D eigenvalue weighted by Gasteiger charge is -2.13. The zero-order valence-electron chi connectivity index (χ0n) is 11.6. The molecule has 20 heavy (non-hydrogen) atoms. The SMILES string of the molecule is Cc1cc(O)c(F)cc1-c1ccc(OC(C)C)c(Cl)c1. The molecule has 106 valence electrons. The Morgan fingerprint density at radius 2 is 1.90 bits per heavy atom. The van der Waals surface area contributed by atoms with Crippen LogP contribution in [0.3, 0.4) is 0 Å². The van der Waals surface area contributed by atoms with E-state index >= 15 is 0 Å². The molecule has 4 heteroatoms. The Kier molecular flexibility index (Phi) is 4.19. The summed E-state index contributed by atoms with van der Waals surface area (Å²) in [7, 11) is 0. The first-order valence-corrected chi connectivity index (χ1v) is 6.72. The Hall–Kier alpha value is -1.74. The normalized spacial score (nSPS) is 10.9. The van der Waals surface area contributed by atoms with E-state index in [1.54, 1.807) is 19.1 Å². The zero-order chi connectivity index (χ0) is 14.9. The molecule has 0 heterocycles. The molecule has 0 bridgehead atoms. The molecule has 2 aromatic carbocycles. The van der Waals surface area contributed by atoms with Crippen molar-refractivity contribution in [2.45, 2.75) is 26.9 Å². The highest BCUT2D eigenvalue weighted by molar-refractivity contribution is 6.32. The number of halogens is 2.